The number of amides is 1. The number of thiazole rings is 1. The van der Waals surface area contributed by atoms with Gasteiger partial charge in [0.15, 0.2) is 5.13 Å². The SMILES string of the molecule is CN(C)C[C@]1(O)CCN(C(=O)CCc2csc(N)n2)C1. The van der Waals surface area contributed by atoms with E-state index >= 15 is 0 Å². The van der Waals surface area contributed by atoms with Gasteiger partial charge < -0.3 is 20.6 Å². The third kappa shape index (κ3) is 3.91. The first-order valence-electron chi connectivity index (χ1n) is 6.73. The Morgan fingerprint density at radius 3 is 3.00 bits per heavy atom. The number of aromatic nitrogens is 1. The van der Waals surface area contributed by atoms with Crippen molar-refractivity contribution >= 4 is 22.4 Å². The number of aryl methyl sites for hydroxylation is 1. The summed E-state index contributed by atoms with van der Waals surface area (Å²) in [6.07, 6.45) is 1.66. The van der Waals surface area contributed by atoms with Crippen molar-refractivity contribution in [3.8, 4) is 0 Å². The minimum Gasteiger partial charge on any atom is -0.387 e. The molecule has 0 spiro atoms. The first-order valence-corrected chi connectivity index (χ1v) is 7.61. The molecule has 112 valence electrons. The van der Waals surface area contributed by atoms with Crippen LogP contribution in [0.3, 0.4) is 0 Å². The first kappa shape index (κ1) is 15.2. The summed E-state index contributed by atoms with van der Waals surface area (Å²) in [6, 6.07) is 0. The van der Waals surface area contributed by atoms with Crippen LogP contribution in [-0.4, -0.2) is 65.1 Å². The van der Waals surface area contributed by atoms with E-state index in [1.165, 1.54) is 11.3 Å². The third-order valence-corrected chi connectivity index (χ3v) is 4.18. The lowest BCUT2D eigenvalue weighted by Crippen LogP contribution is -2.43. The van der Waals surface area contributed by atoms with Gasteiger partial charge in [-0.1, -0.05) is 0 Å². The van der Waals surface area contributed by atoms with E-state index in [2.05, 4.69) is 4.98 Å². The highest BCUT2D eigenvalue weighted by Gasteiger charge is 2.38. The number of carbonyl (C=O) groups excluding carboxylic acids is 1. The van der Waals surface area contributed by atoms with E-state index in [1.807, 2.05) is 24.4 Å². The molecule has 1 atom stereocenters. The summed E-state index contributed by atoms with van der Waals surface area (Å²) in [4.78, 5) is 20.0. The zero-order chi connectivity index (χ0) is 14.8. The molecule has 0 aromatic carbocycles. The Morgan fingerprint density at radius 2 is 2.40 bits per heavy atom. The molecule has 7 heteroatoms. The summed E-state index contributed by atoms with van der Waals surface area (Å²) in [7, 11) is 3.85. The molecule has 0 radical (unpaired) electrons. The number of rotatable bonds is 5. The van der Waals surface area contributed by atoms with E-state index in [0.717, 1.165) is 5.69 Å². The zero-order valence-electron chi connectivity index (χ0n) is 12.0. The van der Waals surface area contributed by atoms with Crippen molar-refractivity contribution in [3.63, 3.8) is 0 Å². The van der Waals surface area contributed by atoms with Crippen LogP contribution in [0.5, 0.6) is 0 Å². The molecular weight excluding hydrogens is 276 g/mol. The number of hydrogen-bond acceptors (Lipinski definition) is 6. The number of likely N-dealkylation sites (tertiary alicyclic amines) is 1. The van der Waals surface area contributed by atoms with E-state index in [4.69, 9.17) is 5.73 Å². The largest absolute Gasteiger partial charge is 0.387 e. The van der Waals surface area contributed by atoms with Gasteiger partial charge >= 0.3 is 0 Å². The summed E-state index contributed by atoms with van der Waals surface area (Å²) >= 11 is 1.39. The Bertz CT molecular complexity index is 477. The standard InChI is InChI=1S/C13H22N4O2S/c1-16(2)8-13(19)5-6-17(9-13)11(18)4-3-10-7-20-12(14)15-10/h7,19H,3-6,8-9H2,1-2H3,(H2,14,15)/t13-/m1/s1. The van der Waals surface area contributed by atoms with E-state index in [0.29, 0.717) is 44.0 Å². The predicted octanol–water partition coefficient (Wildman–Crippen LogP) is 0.183. The number of aliphatic hydroxyl groups is 1. The van der Waals surface area contributed by atoms with Crippen LogP contribution in [0.4, 0.5) is 5.13 Å². The fourth-order valence-corrected chi connectivity index (χ4v) is 3.21. The van der Waals surface area contributed by atoms with Crippen LogP contribution < -0.4 is 5.73 Å². The van der Waals surface area contributed by atoms with Gasteiger partial charge in [0.2, 0.25) is 5.91 Å². The summed E-state index contributed by atoms with van der Waals surface area (Å²) in [5, 5.41) is 12.8. The summed E-state index contributed by atoms with van der Waals surface area (Å²) < 4.78 is 0. The smallest absolute Gasteiger partial charge is 0.223 e. The average molecular weight is 298 g/mol. The van der Waals surface area contributed by atoms with Crippen molar-refractivity contribution in [2.75, 3.05) is 39.5 Å². The van der Waals surface area contributed by atoms with Crippen LogP contribution in [0, 0.1) is 0 Å². The van der Waals surface area contributed by atoms with Crippen LogP contribution in [0.2, 0.25) is 0 Å². The second-order valence-electron chi connectivity index (χ2n) is 5.70. The highest BCUT2D eigenvalue weighted by molar-refractivity contribution is 7.13. The Hall–Kier alpha value is -1.18. The molecule has 0 aliphatic carbocycles. The molecule has 6 nitrogen and oxygen atoms in total. The topological polar surface area (TPSA) is 82.7 Å². The van der Waals surface area contributed by atoms with Gasteiger partial charge in [-0.05, 0) is 26.9 Å². The maximum absolute atomic E-state index is 12.1. The third-order valence-electron chi connectivity index (χ3n) is 3.46. The van der Waals surface area contributed by atoms with Crippen molar-refractivity contribution in [3.05, 3.63) is 11.1 Å². The summed E-state index contributed by atoms with van der Waals surface area (Å²) in [6.45, 7) is 1.63. The van der Waals surface area contributed by atoms with E-state index < -0.39 is 5.60 Å². The molecule has 2 heterocycles. The highest BCUT2D eigenvalue weighted by atomic mass is 32.1. The molecule has 1 saturated heterocycles. The summed E-state index contributed by atoms with van der Waals surface area (Å²) in [5.74, 6) is 0.0752. The number of anilines is 1. The van der Waals surface area contributed by atoms with Gasteiger partial charge in [-0.25, -0.2) is 4.98 Å². The number of nitrogen functional groups attached to an aromatic ring is 1. The second-order valence-corrected chi connectivity index (χ2v) is 6.59. The lowest BCUT2D eigenvalue weighted by Gasteiger charge is -2.26. The molecule has 0 unspecified atom stereocenters. The molecule has 1 aliphatic heterocycles. The summed E-state index contributed by atoms with van der Waals surface area (Å²) in [5.41, 5.74) is 5.65. The van der Waals surface area contributed by atoms with Crippen LogP contribution >= 0.6 is 11.3 Å². The van der Waals surface area contributed by atoms with Crippen molar-refractivity contribution < 1.29 is 9.90 Å². The average Bonchev–Trinajstić information content (AvgIpc) is 2.92. The van der Waals surface area contributed by atoms with Gasteiger partial charge in [-0.2, -0.15) is 0 Å². The van der Waals surface area contributed by atoms with Crippen molar-refractivity contribution in [1.82, 2.24) is 14.8 Å². The molecular formula is C13H22N4O2S. The van der Waals surface area contributed by atoms with E-state index in [9.17, 15) is 9.90 Å². The monoisotopic (exact) mass is 298 g/mol. The van der Waals surface area contributed by atoms with Gasteiger partial charge in [-0.3, -0.25) is 4.79 Å². The van der Waals surface area contributed by atoms with Crippen LogP contribution in [0.25, 0.3) is 0 Å². The number of nitrogens with two attached hydrogens (primary N) is 1. The molecule has 1 fully saturated rings. The number of likely N-dealkylation sites (N-methyl/N-ethyl adjacent to an activating group) is 1. The minimum absolute atomic E-state index is 0.0752. The minimum atomic E-state index is -0.774. The van der Waals surface area contributed by atoms with Gasteiger partial charge in [0.05, 0.1) is 17.8 Å². The number of hydrogen-bond donors (Lipinski definition) is 2. The van der Waals surface area contributed by atoms with E-state index in [1.54, 1.807) is 4.90 Å². The number of carbonyl (C=O) groups is 1. The molecule has 20 heavy (non-hydrogen) atoms. The Morgan fingerprint density at radius 1 is 1.65 bits per heavy atom. The van der Waals surface area contributed by atoms with Crippen molar-refractivity contribution in [1.29, 1.82) is 0 Å². The fourth-order valence-electron chi connectivity index (χ4n) is 2.62. The molecule has 0 bridgehead atoms. The van der Waals surface area contributed by atoms with Crippen molar-refractivity contribution in [2.45, 2.75) is 24.9 Å². The highest BCUT2D eigenvalue weighted by Crippen LogP contribution is 2.23. The number of β-amino-alcohol motifs (C(OH)–C–C–N with tert-alkyl or cyclic N) is 1. The lowest BCUT2D eigenvalue weighted by atomic mass is 10.0. The maximum Gasteiger partial charge on any atom is 0.223 e. The van der Waals surface area contributed by atoms with Gasteiger partial charge in [-0.15, -0.1) is 11.3 Å². The molecule has 3 N–H and O–H groups in total. The molecule has 0 saturated carbocycles. The molecule has 1 aromatic rings. The van der Waals surface area contributed by atoms with Crippen LogP contribution in [-0.2, 0) is 11.2 Å². The molecule has 2 rings (SSSR count). The quantitative estimate of drug-likeness (QED) is 0.810. The lowest BCUT2D eigenvalue weighted by molar-refractivity contribution is -0.131. The van der Waals surface area contributed by atoms with E-state index in [-0.39, 0.29) is 5.91 Å². The number of nitrogens with zero attached hydrogens (tertiary/aromatic N) is 3. The Balaban J connectivity index is 1.82. The van der Waals surface area contributed by atoms with Crippen LogP contribution in [0.15, 0.2) is 5.38 Å². The predicted molar refractivity (Wildman–Crippen MR) is 79.5 cm³/mol. The maximum atomic E-state index is 12.1. The fraction of sp³-hybridized carbons (Fsp3) is 0.692. The van der Waals surface area contributed by atoms with Crippen molar-refractivity contribution in [2.24, 2.45) is 0 Å². The molecule has 1 amide bonds. The Kier molecular flexibility index (Phi) is 4.62. The van der Waals surface area contributed by atoms with Gasteiger partial charge in [0, 0.05) is 24.9 Å². The zero-order valence-corrected chi connectivity index (χ0v) is 12.8. The van der Waals surface area contributed by atoms with Crippen LogP contribution in [0.1, 0.15) is 18.5 Å². The molecule has 1 aliphatic rings. The van der Waals surface area contributed by atoms with Gasteiger partial charge in [0.25, 0.3) is 0 Å². The Labute approximate surface area is 123 Å². The first-order chi connectivity index (χ1) is 9.38. The normalized spacial score (nSPS) is 22.7. The second kappa shape index (κ2) is 6.07. The van der Waals surface area contributed by atoms with Gasteiger partial charge in [0.1, 0.15) is 0 Å². The molecule has 1 aromatic heterocycles.